The molecule has 17 heavy (non-hydrogen) atoms. The summed E-state index contributed by atoms with van der Waals surface area (Å²) < 4.78 is 0. The molecule has 94 valence electrons. The Bertz CT molecular complexity index is 367. The van der Waals surface area contributed by atoms with Gasteiger partial charge in [0.05, 0.1) is 12.3 Å². The summed E-state index contributed by atoms with van der Waals surface area (Å²) in [6, 6.07) is 4.63. The zero-order valence-electron chi connectivity index (χ0n) is 10.6. The zero-order valence-corrected chi connectivity index (χ0v) is 10.6. The molecule has 0 saturated carbocycles. The fourth-order valence-corrected chi connectivity index (χ4v) is 2.36. The Morgan fingerprint density at radius 2 is 2.35 bits per heavy atom. The maximum atomic E-state index is 9.11. The van der Waals surface area contributed by atoms with E-state index in [-0.39, 0.29) is 6.61 Å². The normalized spacial score (nSPS) is 20.9. The number of nitrogens with zero attached hydrogens (tertiary/aromatic N) is 3. The van der Waals surface area contributed by atoms with Gasteiger partial charge < -0.3 is 14.9 Å². The van der Waals surface area contributed by atoms with Crippen LogP contribution in [0.25, 0.3) is 0 Å². The molecule has 1 aliphatic rings. The summed E-state index contributed by atoms with van der Waals surface area (Å²) in [5.41, 5.74) is 1.92. The molecule has 1 unspecified atom stereocenters. The van der Waals surface area contributed by atoms with Crippen LogP contribution in [-0.4, -0.2) is 48.2 Å². The largest absolute Gasteiger partial charge is 0.390 e. The minimum Gasteiger partial charge on any atom is -0.390 e. The summed E-state index contributed by atoms with van der Waals surface area (Å²) >= 11 is 0. The van der Waals surface area contributed by atoms with Gasteiger partial charge in [-0.25, -0.2) is 0 Å². The maximum Gasteiger partial charge on any atom is 0.0853 e. The van der Waals surface area contributed by atoms with Crippen LogP contribution in [0.2, 0.25) is 0 Å². The highest BCUT2D eigenvalue weighted by molar-refractivity contribution is 5.47. The fourth-order valence-electron chi connectivity index (χ4n) is 2.36. The molecule has 4 nitrogen and oxygen atoms in total. The summed E-state index contributed by atoms with van der Waals surface area (Å²) in [5.74, 6) is 0. The second-order valence-electron chi connectivity index (χ2n) is 4.87. The summed E-state index contributed by atoms with van der Waals surface area (Å²) in [6.45, 7) is 2.17. The molecule has 2 heterocycles. The Morgan fingerprint density at radius 1 is 1.53 bits per heavy atom. The standard InChI is InChI=1S/C13H21N3O/c1-15(2)13-4-3-7-16(9-13)12-5-6-14-11(8-12)10-17/h5-6,8,13,17H,3-4,7,9-10H2,1-2H3. The summed E-state index contributed by atoms with van der Waals surface area (Å²) in [6.07, 6.45) is 4.27. The highest BCUT2D eigenvalue weighted by Gasteiger charge is 2.21. The van der Waals surface area contributed by atoms with E-state index >= 15 is 0 Å². The van der Waals surface area contributed by atoms with Crippen molar-refractivity contribution in [3.05, 3.63) is 24.0 Å². The lowest BCUT2D eigenvalue weighted by molar-refractivity contribution is 0.257. The molecule has 0 aromatic carbocycles. The van der Waals surface area contributed by atoms with Crippen molar-refractivity contribution in [3.63, 3.8) is 0 Å². The van der Waals surface area contributed by atoms with Crippen LogP contribution in [0.5, 0.6) is 0 Å². The molecule has 1 fully saturated rings. The number of aliphatic hydroxyl groups is 1. The number of aliphatic hydroxyl groups excluding tert-OH is 1. The molecular weight excluding hydrogens is 214 g/mol. The molecule has 1 atom stereocenters. The van der Waals surface area contributed by atoms with Gasteiger partial charge in [0.25, 0.3) is 0 Å². The molecule has 1 aromatic heterocycles. The van der Waals surface area contributed by atoms with Crippen LogP contribution in [0.3, 0.4) is 0 Å². The molecule has 1 aromatic rings. The first-order valence-corrected chi connectivity index (χ1v) is 6.18. The predicted molar refractivity (Wildman–Crippen MR) is 69.1 cm³/mol. The van der Waals surface area contributed by atoms with Crippen molar-refractivity contribution in [1.82, 2.24) is 9.88 Å². The van der Waals surface area contributed by atoms with E-state index < -0.39 is 0 Å². The maximum absolute atomic E-state index is 9.11. The molecule has 1 aliphatic heterocycles. The summed E-state index contributed by atoms with van der Waals surface area (Å²) in [7, 11) is 4.28. The highest BCUT2D eigenvalue weighted by atomic mass is 16.3. The fraction of sp³-hybridized carbons (Fsp3) is 0.615. The third kappa shape index (κ3) is 2.96. The summed E-state index contributed by atoms with van der Waals surface area (Å²) in [5, 5.41) is 9.11. The van der Waals surface area contributed by atoms with E-state index in [1.165, 1.54) is 18.5 Å². The zero-order chi connectivity index (χ0) is 12.3. The molecule has 1 saturated heterocycles. The Balaban J connectivity index is 2.10. The van der Waals surface area contributed by atoms with Gasteiger partial charge >= 0.3 is 0 Å². The van der Waals surface area contributed by atoms with E-state index in [0.717, 1.165) is 18.8 Å². The number of likely N-dealkylation sites (N-methyl/N-ethyl adjacent to an activating group) is 1. The topological polar surface area (TPSA) is 39.6 Å². The van der Waals surface area contributed by atoms with Gasteiger partial charge in [-0.2, -0.15) is 0 Å². The summed E-state index contributed by atoms with van der Waals surface area (Å²) in [4.78, 5) is 8.80. The Hall–Kier alpha value is -1.13. The molecule has 0 radical (unpaired) electrons. The SMILES string of the molecule is CN(C)C1CCCN(c2ccnc(CO)c2)C1. The van der Waals surface area contributed by atoms with Gasteiger partial charge in [-0.15, -0.1) is 0 Å². The van der Waals surface area contributed by atoms with E-state index in [4.69, 9.17) is 5.11 Å². The van der Waals surface area contributed by atoms with Crippen LogP contribution in [0.1, 0.15) is 18.5 Å². The first-order chi connectivity index (χ1) is 8.20. The number of anilines is 1. The minimum atomic E-state index is 0.0127. The quantitative estimate of drug-likeness (QED) is 0.852. The van der Waals surface area contributed by atoms with Crippen molar-refractivity contribution in [1.29, 1.82) is 0 Å². The van der Waals surface area contributed by atoms with Gasteiger partial charge in [-0.3, -0.25) is 4.98 Å². The van der Waals surface area contributed by atoms with Gasteiger partial charge in [-0.1, -0.05) is 0 Å². The third-order valence-corrected chi connectivity index (χ3v) is 3.45. The molecule has 0 bridgehead atoms. The highest BCUT2D eigenvalue weighted by Crippen LogP contribution is 2.21. The number of hydrogen-bond donors (Lipinski definition) is 1. The lowest BCUT2D eigenvalue weighted by atomic mass is 10.0. The molecular formula is C13H21N3O. The molecule has 4 heteroatoms. The molecule has 2 rings (SSSR count). The van der Waals surface area contributed by atoms with Crippen LogP contribution in [-0.2, 0) is 6.61 Å². The van der Waals surface area contributed by atoms with Crippen LogP contribution < -0.4 is 4.90 Å². The smallest absolute Gasteiger partial charge is 0.0853 e. The van der Waals surface area contributed by atoms with Crippen molar-refractivity contribution in [3.8, 4) is 0 Å². The molecule has 0 spiro atoms. The lowest BCUT2D eigenvalue weighted by Crippen LogP contribution is -2.45. The second kappa shape index (κ2) is 5.47. The number of rotatable bonds is 3. The average molecular weight is 235 g/mol. The van der Waals surface area contributed by atoms with Crippen molar-refractivity contribution in [2.45, 2.75) is 25.5 Å². The van der Waals surface area contributed by atoms with Gasteiger partial charge in [0.15, 0.2) is 0 Å². The molecule has 0 amide bonds. The van der Waals surface area contributed by atoms with Gasteiger partial charge in [0, 0.05) is 31.0 Å². The monoisotopic (exact) mass is 235 g/mol. The van der Waals surface area contributed by atoms with E-state index in [1.54, 1.807) is 6.20 Å². The van der Waals surface area contributed by atoms with E-state index in [1.807, 2.05) is 12.1 Å². The second-order valence-corrected chi connectivity index (χ2v) is 4.87. The number of pyridine rings is 1. The van der Waals surface area contributed by atoms with E-state index in [0.29, 0.717) is 6.04 Å². The van der Waals surface area contributed by atoms with Gasteiger partial charge in [0.2, 0.25) is 0 Å². The Morgan fingerprint density at radius 3 is 3.06 bits per heavy atom. The van der Waals surface area contributed by atoms with Crippen LogP contribution >= 0.6 is 0 Å². The first-order valence-electron chi connectivity index (χ1n) is 6.18. The van der Waals surface area contributed by atoms with E-state index in [9.17, 15) is 0 Å². The van der Waals surface area contributed by atoms with Crippen LogP contribution in [0, 0.1) is 0 Å². The van der Waals surface area contributed by atoms with Crippen molar-refractivity contribution < 1.29 is 5.11 Å². The third-order valence-electron chi connectivity index (χ3n) is 3.45. The van der Waals surface area contributed by atoms with Gasteiger partial charge in [0.1, 0.15) is 0 Å². The van der Waals surface area contributed by atoms with Crippen molar-refractivity contribution in [2.75, 3.05) is 32.1 Å². The Kier molecular flexibility index (Phi) is 3.97. The van der Waals surface area contributed by atoms with E-state index in [2.05, 4.69) is 28.9 Å². The number of hydrogen-bond acceptors (Lipinski definition) is 4. The first kappa shape index (κ1) is 12.3. The molecule has 0 aliphatic carbocycles. The number of piperidine rings is 1. The lowest BCUT2D eigenvalue weighted by Gasteiger charge is -2.37. The Labute approximate surface area is 103 Å². The van der Waals surface area contributed by atoms with Gasteiger partial charge in [-0.05, 0) is 39.1 Å². The average Bonchev–Trinajstić information content (AvgIpc) is 2.39. The van der Waals surface area contributed by atoms with Crippen molar-refractivity contribution >= 4 is 5.69 Å². The van der Waals surface area contributed by atoms with Crippen molar-refractivity contribution in [2.24, 2.45) is 0 Å². The molecule has 1 N–H and O–H groups in total. The van der Waals surface area contributed by atoms with Crippen LogP contribution in [0.15, 0.2) is 18.3 Å². The number of aromatic nitrogens is 1. The minimum absolute atomic E-state index is 0.0127. The van der Waals surface area contributed by atoms with Crippen LogP contribution in [0.4, 0.5) is 5.69 Å². The predicted octanol–water partition coefficient (Wildman–Crippen LogP) is 1.10.